The molecule has 238 valence electrons. The van der Waals surface area contributed by atoms with Gasteiger partial charge in [-0.05, 0) is 59.2 Å². The molecule has 4 aromatic carbocycles. The first-order valence-corrected chi connectivity index (χ1v) is 15.7. The molecule has 3 heterocycles. The van der Waals surface area contributed by atoms with Crippen LogP contribution in [0.1, 0.15) is 56.5 Å². The molecule has 0 atom stereocenters. The van der Waals surface area contributed by atoms with Gasteiger partial charge in [0.05, 0.1) is 18.5 Å². The first-order valence-electron chi connectivity index (χ1n) is 15.7. The maximum atomic E-state index is 6.51. The van der Waals surface area contributed by atoms with Crippen molar-refractivity contribution in [1.29, 1.82) is 0 Å². The summed E-state index contributed by atoms with van der Waals surface area (Å²) >= 11 is 0. The molecule has 0 N–H and O–H groups in total. The zero-order valence-corrected chi connectivity index (χ0v) is 28.9. The molecule has 7 heteroatoms. The quantitative estimate of drug-likeness (QED) is 0.116. The molecule has 6 nitrogen and oxygen atoms in total. The van der Waals surface area contributed by atoms with Crippen LogP contribution in [0.5, 0.6) is 17.2 Å². The summed E-state index contributed by atoms with van der Waals surface area (Å²) in [5.74, 6) is 3.00. The number of hydrogen-bond donors (Lipinski definition) is 0. The van der Waals surface area contributed by atoms with Crippen LogP contribution in [0.4, 0.5) is 0 Å². The van der Waals surface area contributed by atoms with Gasteiger partial charge in [0.1, 0.15) is 5.82 Å². The van der Waals surface area contributed by atoms with Crippen molar-refractivity contribution < 1.29 is 29.9 Å². The zero-order valence-electron chi connectivity index (χ0n) is 27.3. The number of fused-ring (bicyclic) bond motifs is 3. The summed E-state index contributed by atoms with van der Waals surface area (Å²) in [5, 5.41) is 7.39. The van der Waals surface area contributed by atoms with Gasteiger partial charge in [-0.25, -0.2) is 4.98 Å². The van der Waals surface area contributed by atoms with Gasteiger partial charge in [-0.2, -0.15) is 11.2 Å². The van der Waals surface area contributed by atoms with Crippen LogP contribution < -0.4 is 9.47 Å². The normalized spacial score (nSPS) is 11.4. The fourth-order valence-corrected chi connectivity index (χ4v) is 6.19. The van der Waals surface area contributed by atoms with E-state index in [-0.39, 0.29) is 32.3 Å². The third-order valence-electron chi connectivity index (χ3n) is 8.28. The number of pyridine rings is 1. The van der Waals surface area contributed by atoms with E-state index >= 15 is 0 Å². The summed E-state index contributed by atoms with van der Waals surface area (Å²) in [4.78, 5) is 4.70. The monoisotopic (exact) mass is 710 g/mol. The molecule has 0 spiro atoms. The summed E-state index contributed by atoms with van der Waals surface area (Å²) in [5.41, 5.74) is 8.33. The standard InChI is InChI=1S/C40H36N4O2.Pd/c1-25(2)39-38(28-12-8-7-9-13-28)40(26(3)4)44(42-39)29-21-31(45-6)23-32(22-29)46-30-16-17-34-33-14-10-11-15-35(33)43(36(34)24-30)37-20-27(5)18-19-41-37;/h7-21,23,25-26H,1-6H3;/q-2;+2. The van der Waals surface area contributed by atoms with Crippen LogP contribution in [-0.2, 0) is 20.4 Å². The van der Waals surface area contributed by atoms with Gasteiger partial charge >= 0.3 is 20.4 Å². The minimum atomic E-state index is 0. The molecule has 3 aromatic heterocycles. The van der Waals surface area contributed by atoms with Gasteiger partial charge in [0.25, 0.3) is 0 Å². The molecule has 0 aliphatic carbocycles. The van der Waals surface area contributed by atoms with E-state index in [1.807, 2.05) is 47.3 Å². The summed E-state index contributed by atoms with van der Waals surface area (Å²) in [6.45, 7) is 10.8. The number of nitrogens with zero attached hydrogens (tertiary/aromatic N) is 4. The molecule has 0 radical (unpaired) electrons. The van der Waals surface area contributed by atoms with E-state index in [4.69, 9.17) is 19.6 Å². The van der Waals surface area contributed by atoms with Gasteiger partial charge < -0.3 is 14.0 Å². The topological polar surface area (TPSA) is 54.1 Å². The van der Waals surface area contributed by atoms with Crippen molar-refractivity contribution in [2.75, 3.05) is 7.11 Å². The summed E-state index contributed by atoms with van der Waals surface area (Å²) < 4.78 is 16.4. The predicted octanol–water partition coefficient (Wildman–Crippen LogP) is 9.99. The summed E-state index contributed by atoms with van der Waals surface area (Å²) in [6, 6.07) is 37.8. The fourth-order valence-electron chi connectivity index (χ4n) is 6.19. The Hall–Kier alpha value is -4.70. The van der Waals surface area contributed by atoms with Crippen molar-refractivity contribution in [3.8, 4) is 39.9 Å². The van der Waals surface area contributed by atoms with E-state index in [2.05, 4.69) is 106 Å². The second kappa shape index (κ2) is 13.2. The average molecular weight is 711 g/mol. The van der Waals surface area contributed by atoms with Gasteiger partial charge in [0, 0.05) is 34.5 Å². The molecular weight excluding hydrogens is 675 g/mol. The summed E-state index contributed by atoms with van der Waals surface area (Å²) in [6.07, 6.45) is 1.84. The minimum Gasteiger partial charge on any atom is -0.522 e. The Morgan fingerprint density at radius 2 is 1.53 bits per heavy atom. The van der Waals surface area contributed by atoms with E-state index in [1.54, 1.807) is 7.11 Å². The van der Waals surface area contributed by atoms with Gasteiger partial charge in [0.15, 0.2) is 0 Å². The Morgan fingerprint density at radius 3 is 2.26 bits per heavy atom. The number of aromatic nitrogens is 4. The zero-order chi connectivity index (χ0) is 31.9. The first-order chi connectivity index (χ1) is 22.3. The Morgan fingerprint density at radius 1 is 0.766 bits per heavy atom. The Labute approximate surface area is 289 Å². The Kier molecular flexibility index (Phi) is 9.05. The van der Waals surface area contributed by atoms with Crippen LogP contribution in [0, 0.1) is 19.1 Å². The van der Waals surface area contributed by atoms with Crippen LogP contribution in [0.15, 0.2) is 97.2 Å². The van der Waals surface area contributed by atoms with Gasteiger partial charge in [-0.1, -0.05) is 87.8 Å². The summed E-state index contributed by atoms with van der Waals surface area (Å²) in [7, 11) is 1.66. The van der Waals surface area contributed by atoms with Gasteiger partial charge in [-0.15, -0.1) is 29.7 Å². The third-order valence-corrected chi connectivity index (χ3v) is 8.28. The molecule has 0 bridgehead atoms. The molecule has 0 aliphatic heterocycles. The van der Waals surface area contributed by atoms with Crippen LogP contribution in [0.3, 0.4) is 0 Å². The molecule has 0 fully saturated rings. The van der Waals surface area contributed by atoms with Crippen molar-refractivity contribution in [2.24, 2.45) is 0 Å². The van der Waals surface area contributed by atoms with E-state index in [0.29, 0.717) is 17.2 Å². The SMILES string of the molecule is COc1cc(Oc2[c-]c3c(cc2)c2ccccc2n3-c2cc(C)ccn2)[c-]c(-n2nc(C(C)C)c(-c3ccccc3)c2C(C)C)c1.[Pd+2]. The van der Waals surface area contributed by atoms with E-state index in [0.717, 1.165) is 55.8 Å². The predicted molar refractivity (Wildman–Crippen MR) is 185 cm³/mol. The Balaban J connectivity index is 0.00000386. The number of rotatable bonds is 8. The number of para-hydroxylation sites is 1. The maximum Gasteiger partial charge on any atom is 2.00 e. The number of benzene rings is 4. The van der Waals surface area contributed by atoms with Gasteiger partial charge in [0.2, 0.25) is 0 Å². The van der Waals surface area contributed by atoms with Gasteiger partial charge in [-0.3, -0.25) is 4.68 Å². The van der Waals surface area contributed by atoms with Crippen LogP contribution >= 0.6 is 0 Å². The molecule has 0 amide bonds. The molecular formula is C40H36N4O2Pd. The number of methoxy groups -OCH3 is 1. The average Bonchev–Trinajstić information content (AvgIpc) is 3.62. The number of ether oxygens (including phenoxy) is 2. The van der Waals surface area contributed by atoms with Crippen LogP contribution in [0.2, 0.25) is 0 Å². The van der Waals surface area contributed by atoms with E-state index in [1.165, 1.54) is 5.56 Å². The number of hydrogen-bond acceptors (Lipinski definition) is 4. The van der Waals surface area contributed by atoms with Crippen molar-refractivity contribution in [3.63, 3.8) is 0 Å². The second-order valence-corrected chi connectivity index (χ2v) is 12.2. The molecule has 0 saturated carbocycles. The minimum absolute atomic E-state index is 0. The third kappa shape index (κ3) is 5.98. The molecule has 0 saturated heterocycles. The van der Waals surface area contributed by atoms with E-state index < -0.39 is 0 Å². The maximum absolute atomic E-state index is 6.51. The van der Waals surface area contributed by atoms with E-state index in [9.17, 15) is 0 Å². The Bertz CT molecular complexity index is 2200. The number of aryl methyl sites for hydroxylation is 1. The van der Waals surface area contributed by atoms with Crippen molar-refractivity contribution in [1.82, 2.24) is 19.3 Å². The first kappa shape index (κ1) is 32.3. The molecule has 0 unspecified atom stereocenters. The molecule has 7 rings (SSSR count). The largest absolute Gasteiger partial charge is 2.00 e. The van der Waals surface area contributed by atoms with Crippen molar-refractivity contribution in [3.05, 3.63) is 126 Å². The second-order valence-electron chi connectivity index (χ2n) is 12.2. The van der Waals surface area contributed by atoms with Crippen LogP contribution in [0.25, 0.3) is 44.4 Å². The van der Waals surface area contributed by atoms with Crippen molar-refractivity contribution in [2.45, 2.75) is 46.5 Å². The smallest absolute Gasteiger partial charge is 0.522 e. The fraction of sp³-hybridized carbons (Fsp3) is 0.200. The molecule has 47 heavy (non-hydrogen) atoms. The molecule has 7 aromatic rings. The van der Waals surface area contributed by atoms with Crippen molar-refractivity contribution >= 4 is 21.8 Å². The molecule has 0 aliphatic rings. The van der Waals surface area contributed by atoms with Crippen LogP contribution in [-0.4, -0.2) is 26.4 Å².